The second-order valence-electron chi connectivity index (χ2n) is 13.7. The molecule has 5 aromatic carbocycles. The summed E-state index contributed by atoms with van der Waals surface area (Å²) in [5.74, 6) is -0.849. The smallest absolute Gasteiger partial charge is 0.261 e. The average molecular weight is 629 g/mol. The van der Waals surface area contributed by atoms with E-state index < -0.39 is 0 Å². The van der Waals surface area contributed by atoms with Gasteiger partial charge in [0.2, 0.25) is 0 Å². The van der Waals surface area contributed by atoms with Crippen molar-refractivity contribution >= 4 is 72.4 Å². The molecule has 240 valence electrons. The van der Waals surface area contributed by atoms with E-state index in [2.05, 4.69) is 24.1 Å². The Morgan fingerprint density at radius 2 is 1.11 bits per heavy atom. The Morgan fingerprint density at radius 3 is 1.66 bits per heavy atom. The lowest BCUT2D eigenvalue weighted by molar-refractivity contribution is 0.0485. The van der Waals surface area contributed by atoms with Gasteiger partial charge < -0.3 is 10.2 Å². The first-order valence-corrected chi connectivity index (χ1v) is 17.2. The number of carbonyl (C=O) groups excluding carboxylic acids is 4. The number of anilines is 1. The first-order chi connectivity index (χ1) is 22.7. The summed E-state index contributed by atoms with van der Waals surface area (Å²) in [5, 5.41) is 10.4. The van der Waals surface area contributed by atoms with E-state index in [1.165, 1.54) is 9.80 Å². The number of imide groups is 2. The summed E-state index contributed by atoms with van der Waals surface area (Å²) in [6.07, 6.45) is 2.07. The van der Waals surface area contributed by atoms with Crippen LogP contribution in [0.1, 0.15) is 95.3 Å². The van der Waals surface area contributed by atoms with E-state index >= 15 is 0 Å². The molecule has 0 aromatic heterocycles. The lowest BCUT2D eigenvalue weighted by atomic mass is 9.81. The summed E-state index contributed by atoms with van der Waals surface area (Å²) in [5.41, 5.74) is 3.15. The zero-order valence-electron chi connectivity index (χ0n) is 27.7. The van der Waals surface area contributed by atoms with Crippen molar-refractivity contribution in [3.05, 3.63) is 64.7 Å². The Hall–Kier alpha value is -4.56. The van der Waals surface area contributed by atoms with Gasteiger partial charge in [0.15, 0.2) is 0 Å². The molecular formula is C39H40N4O4. The predicted octanol–water partition coefficient (Wildman–Crippen LogP) is 6.96. The van der Waals surface area contributed by atoms with Crippen LogP contribution in [0.5, 0.6) is 0 Å². The maximum Gasteiger partial charge on any atom is 0.261 e. The minimum absolute atomic E-state index is 0.127. The molecule has 8 nitrogen and oxygen atoms in total. The van der Waals surface area contributed by atoms with Crippen LogP contribution in [0.2, 0.25) is 0 Å². The summed E-state index contributed by atoms with van der Waals surface area (Å²) < 4.78 is 0. The molecule has 1 saturated heterocycles. The molecule has 0 bridgehead atoms. The van der Waals surface area contributed by atoms with Crippen LogP contribution in [0.25, 0.3) is 43.1 Å². The summed E-state index contributed by atoms with van der Waals surface area (Å²) in [4.78, 5) is 62.0. The predicted molar refractivity (Wildman–Crippen MR) is 187 cm³/mol. The van der Waals surface area contributed by atoms with Gasteiger partial charge in [-0.15, -0.1) is 0 Å². The van der Waals surface area contributed by atoms with E-state index in [-0.39, 0.29) is 41.6 Å². The molecule has 47 heavy (non-hydrogen) atoms. The van der Waals surface area contributed by atoms with Gasteiger partial charge in [-0.25, -0.2) is 0 Å². The van der Waals surface area contributed by atoms with Crippen molar-refractivity contribution in [1.29, 1.82) is 0 Å². The molecular weight excluding hydrogens is 588 g/mol. The number of hydrogen-bond donors (Lipinski definition) is 1. The van der Waals surface area contributed by atoms with Crippen LogP contribution >= 0.6 is 0 Å². The van der Waals surface area contributed by atoms with E-state index in [4.69, 9.17) is 0 Å². The molecule has 3 aliphatic rings. The molecule has 4 amide bonds. The summed E-state index contributed by atoms with van der Waals surface area (Å²) in [6.45, 7) is 13.3. The lowest BCUT2D eigenvalue weighted by Gasteiger charge is -2.37. The van der Waals surface area contributed by atoms with Crippen molar-refractivity contribution in [3.8, 4) is 0 Å². The van der Waals surface area contributed by atoms with Gasteiger partial charge in [0.25, 0.3) is 23.6 Å². The Morgan fingerprint density at radius 1 is 0.596 bits per heavy atom. The van der Waals surface area contributed by atoms with Gasteiger partial charge >= 0.3 is 0 Å². The highest BCUT2D eigenvalue weighted by atomic mass is 16.2. The van der Waals surface area contributed by atoms with E-state index in [1.807, 2.05) is 63.2 Å². The highest BCUT2D eigenvalue weighted by Gasteiger charge is 2.41. The van der Waals surface area contributed by atoms with Crippen molar-refractivity contribution in [2.45, 2.75) is 66.0 Å². The van der Waals surface area contributed by atoms with Gasteiger partial charge in [-0.2, -0.15) is 0 Å². The van der Waals surface area contributed by atoms with Crippen molar-refractivity contribution in [1.82, 2.24) is 15.1 Å². The van der Waals surface area contributed by atoms with Crippen LogP contribution in [0.4, 0.5) is 5.69 Å². The van der Waals surface area contributed by atoms with Gasteiger partial charge in [0.1, 0.15) is 0 Å². The average Bonchev–Trinajstić information content (AvgIpc) is 3.09. The molecule has 1 N–H and O–H groups in total. The minimum Gasteiger partial charge on any atom is -0.368 e. The van der Waals surface area contributed by atoms with Gasteiger partial charge in [0, 0.05) is 82.2 Å². The fourth-order valence-corrected chi connectivity index (χ4v) is 8.78. The molecule has 8 rings (SSSR count). The number of carbonyl (C=O) groups is 4. The second kappa shape index (κ2) is 10.7. The second-order valence-corrected chi connectivity index (χ2v) is 13.7. The van der Waals surface area contributed by atoms with Crippen LogP contribution in [0.3, 0.4) is 0 Å². The molecule has 3 heterocycles. The van der Waals surface area contributed by atoms with E-state index in [1.54, 1.807) is 0 Å². The standard InChI is InChI=1S/C39H40N4O4/c1-6-21(7-2)42-36(44)27-13-10-23-22-9-12-25-32-26(38(46)43(37(25)45)29(8-3)20(4)5)14-11-24(31(22)32)34-30(41-17-15-40-16-18-41)19-28(39(42)47)33(27)35(23)34/h9-14,19-21,29,40H,6-8,15-18H2,1-5H3. The zero-order chi connectivity index (χ0) is 32.9. The fourth-order valence-electron chi connectivity index (χ4n) is 8.78. The van der Waals surface area contributed by atoms with Gasteiger partial charge in [-0.05, 0) is 71.0 Å². The molecule has 0 spiro atoms. The molecule has 5 aromatic rings. The quantitative estimate of drug-likeness (QED) is 0.119. The van der Waals surface area contributed by atoms with E-state index in [0.717, 1.165) is 64.2 Å². The molecule has 0 saturated carbocycles. The van der Waals surface area contributed by atoms with Gasteiger partial charge in [-0.3, -0.25) is 29.0 Å². The third-order valence-corrected chi connectivity index (χ3v) is 11.1. The molecule has 0 aliphatic carbocycles. The Balaban J connectivity index is 1.50. The Labute approximate surface area is 274 Å². The molecule has 1 fully saturated rings. The third-order valence-electron chi connectivity index (χ3n) is 11.1. The molecule has 8 heteroatoms. The third kappa shape index (κ3) is 3.91. The fraction of sp³-hybridized carbons (Fsp3) is 0.385. The van der Waals surface area contributed by atoms with Crippen LogP contribution in [-0.4, -0.2) is 71.7 Å². The Kier molecular flexibility index (Phi) is 6.81. The van der Waals surface area contributed by atoms with Crippen molar-refractivity contribution in [2.75, 3.05) is 31.1 Å². The van der Waals surface area contributed by atoms with Crippen LogP contribution in [-0.2, 0) is 0 Å². The van der Waals surface area contributed by atoms with E-state index in [0.29, 0.717) is 52.3 Å². The number of nitrogens with zero attached hydrogens (tertiary/aromatic N) is 3. The topological polar surface area (TPSA) is 90.0 Å². The summed E-state index contributed by atoms with van der Waals surface area (Å²) >= 11 is 0. The SMILES string of the molecule is CCC(CC)N1C(=O)c2ccc3c4ccc5c6c(ccc(c7c(N8CCNCC8)cc(c2c37)C1=O)c64)C(=O)N(C(CC)C(C)C)C5=O. The maximum atomic E-state index is 14.3. The van der Waals surface area contributed by atoms with Gasteiger partial charge in [0.05, 0.1) is 5.56 Å². The molecule has 1 unspecified atom stereocenters. The maximum absolute atomic E-state index is 14.3. The highest BCUT2D eigenvalue weighted by Crippen LogP contribution is 2.50. The Bertz CT molecular complexity index is 2150. The highest BCUT2D eigenvalue weighted by molar-refractivity contribution is 6.43. The van der Waals surface area contributed by atoms with Crippen LogP contribution in [0, 0.1) is 5.92 Å². The number of piperazine rings is 1. The largest absolute Gasteiger partial charge is 0.368 e. The summed E-state index contributed by atoms with van der Waals surface area (Å²) in [6, 6.07) is 13.3. The van der Waals surface area contributed by atoms with Crippen molar-refractivity contribution < 1.29 is 19.2 Å². The zero-order valence-corrected chi connectivity index (χ0v) is 27.7. The van der Waals surface area contributed by atoms with Gasteiger partial charge in [-0.1, -0.05) is 52.8 Å². The number of benzene rings is 5. The van der Waals surface area contributed by atoms with Crippen molar-refractivity contribution in [3.63, 3.8) is 0 Å². The summed E-state index contributed by atoms with van der Waals surface area (Å²) in [7, 11) is 0. The number of amides is 4. The minimum atomic E-state index is -0.247. The first kappa shape index (κ1) is 29.8. The lowest BCUT2D eigenvalue weighted by Crippen LogP contribution is -2.49. The van der Waals surface area contributed by atoms with Crippen molar-refractivity contribution in [2.24, 2.45) is 5.92 Å². The molecule has 1 atom stereocenters. The number of fused-ring (bicyclic) bond motifs is 2. The van der Waals surface area contributed by atoms with E-state index in [9.17, 15) is 19.2 Å². The molecule has 3 aliphatic heterocycles. The normalized spacial score (nSPS) is 17.6. The van der Waals surface area contributed by atoms with Crippen LogP contribution in [0.15, 0.2) is 42.5 Å². The monoisotopic (exact) mass is 628 g/mol. The molecule has 0 radical (unpaired) electrons. The first-order valence-electron chi connectivity index (χ1n) is 17.2. The van der Waals surface area contributed by atoms with Crippen LogP contribution < -0.4 is 10.2 Å². The number of rotatable bonds is 7. The number of nitrogens with one attached hydrogen (secondary N) is 1. The number of hydrogen-bond acceptors (Lipinski definition) is 6.